The fraction of sp³-hybridized carbons (Fsp3) is 0.143. The van der Waals surface area contributed by atoms with E-state index in [1.165, 1.54) is 18.2 Å². The van der Waals surface area contributed by atoms with Crippen LogP contribution in [0.2, 0.25) is 0 Å². The summed E-state index contributed by atoms with van der Waals surface area (Å²) >= 11 is 0. The first-order chi connectivity index (χ1) is 5.25. The number of rotatable bonds is 2. The van der Waals surface area contributed by atoms with Crippen LogP contribution in [-0.4, -0.2) is 0 Å². The molecule has 0 amide bonds. The van der Waals surface area contributed by atoms with Crippen molar-refractivity contribution in [1.82, 2.24) is 5.43 Å². The van der Waals surface area contributed by atoms with Gasteiger partial charge in [-0.2, -0.15) is 0 Å². The molecule has 0 aliphatic heterocycles. The molecule has 0 fully saturated rings. The van der Waals surface area contributed by atoms with Gasteiger partial charge in [-0.15, -0.1) is 24.8 Å². The Kier molecular flexibility index (Phi) is 8.15. The average molecular weight is 231 g/mol. The summed E-state index contributed by atoms with van der Waals surface area (Å²) in [6.45, 7) is -0.00148. The standard InChI is InChI=1S/C7H8F2N2.2ClH/c8-6-2-1-3-7(9)5(6)4-11-10;;/h1-3,11H,4,10H2;2*1H. The lowest BCUT2D eigenvalue weighted by molar-refractivity contribution is 0.540. The quantitative estimate of drug-likeness (QED) is 0.601. The molecule has 1 aromatic carbocycles. The molecule has 1 rings (SSSR count). The molecule has 0 aliphatic rings. The summed E-state index contributed by atoms with van der Waals surface area (Å²) in [6, 6.07) is 3.69. The van der Waals surface area contributed by atoms with Gasteiger partial charge >= 0.3 is 0 Å². The molecule has 0 bridgehead atoms. The molecule has 0 atom stereocenters. The molecular weight excluding hydrogens is 221 g/mol. The molecular formula is C7H10Cl2F2N2. The van der Waals surface area contributed by atoms with Gasteiger partial charge in [0.2, 0.25) is 0 Å². The second kappa shape index (κ2) is 7.03. The van der Waals surface area contributed by atoms with Crippen LogP contribution in [-0.2, 0) is 6.54 Å². The van der Waals surface area contributed by atoms with E-state index in [-0.39, 0.29) is 36.9 Å². The summed E-state index contributed by atoms with van der Waals surface area (Å²) in [6.07, 6.45) is 0. The van der Waals surface area contributed by atoms with Gasteiger partial charge in [0.1, 0.15) is 11.6 Å². The highest BCUT2D eigenvalue weighted by atomic mass is 35.5. The highest BCUT2D eigenvalue weighted by Gasteiger charge is 2.05. The maximum absolute atomic E-state index is 12.7. The zero-order chi connectivity index (χ0) is 8.27. The molecule has 6 heteroatoms. The van der Waals surface area contributed by atoms with Crippen LogP contribution in [0.1, 0.15) is 5.56 Å². The van der Waals surface area contributed by atoms with E-state index in [9.17, 15) is 8.78 Å². The van der Waals surface area contributed by atoms with Crippen molar-refractivity contribution in [3.63, 3.8) is 0 Å². The molecule has 0 aliphatic carbocycles. The van der Waals surface area contributed by atoms with E-state index in [1.54, 1.807) is 0 Å². The molecule has 0 saturated carbocycles. The average Bonchev–Trinajstić information content (AvgIpc) is 1.97. The lowest BCUT2D eigenvalue weighted by Crippen LogP contribution is -2.22. The third-order valence-corrected chi connectivity index (χ3v) is 1.34. The Hall–Kier alpha value is -0.420. The van der Waals surface area contributed by atoms with Crippen LogP contribution in [0.3, 0.4) is 0 Å². The molecule has 76 valence electrons. The van der Waals surface area contributed by atoms with E-state index in [4.69, 9.17) is 5.84 Å². The summed E-state index contributed by atoms with van der Waals surface area (Å²) in [5.74, 6) is 3.75. The van der Waals surface area contributed by atoms with E-state index < -0.39 is 11.6 Å². The van der Waals surface area contributed by atoms with Gasteiger partial charge in [-0.05, 0) is 12.1 Å². The summed E-state index contributed by atoms with van der Waals surface area (Å²) in [5.41, 5.74) is 2.15. The Bertz CT molecular complexity index is 238. The van der Waals surface area contributed by atoms with Gasteiger partial charge in [-0.25, -0.2) is 8.78 Å². The van der Waals surface area contributed by atoms with Crippen LogP contribution < -0.4 is 11.3 Å². The molecule has 3 N–H and O–H groups in total. The second-order valence-electron chi connectivity index (χ2n) is 2.08. The second-order valence-corrected chi connectivity index (χ2v) is 2.08. The van der Waals surface area contributed by atoms with E-state index in [0.29, 0.717) is 0 Å². The normalized spacial score (nSPS) is 8.54. The molecule has 0 heterocycles. The van der Waals surface area contributed by atoms with Gasteiger partial charge in [0.15, 0.2) is 0 Å². The van der Waals surface area contributed by atoms with Crippen LogP contribution in [0.4, 0.5) is 8.78 Å². The van der Waals surface area contributed by atoms with Crippen molar-refractivity contribution in [2.75, 3.05) is 0 Å². The van der Waals surface area contributed by atoms with Crippen molar-refractivity contribution in [2.24, 2.45) is 5.84 Å². The maximum atomic E-state index is 12.7. The van der Waals surface area contributed by atoms with Crippen molar-refractivity contribution in [3.8, 4) is 0 Å². The van der Waals surface area contributed by atoms with Crippen LogP contribution in [0.25, 0.3) is 0 Å². The van der Waals surface area contributed by atoms with Gasteiger partial charge in [0.25, 0.3) is 0 Å². The molecule has 2 nitrogen and oxygen atoms in total. The SMILES string of the molecule is Cl.Cl.NNCc1c(F)cccc1F. The van der Waals surface area contributed by atoms with E-state index >= 15 is 0 Å². The van der Waals surface area contributed by atoms with Gasteiger partial charge in [0.05, 0.1) is 0 Å². The number of nitrogens with two attached hydrogens (primary N) is 1. The fourth-order valence-corrected chi connectivity index (χ4v) is 0.803. The van der Waals surface area contributed by atoms with Gasteiger partial charge in [-0.3, -0.25) is 11.3 Å². The molecule has 0 aromatic heterocycles. The minimum atomic E-state index is -0.581. The lowest BCUT2D eigenvalue weighted by atomic mass is 10.2. The topological polar surface area (TPSA) is 38.0 Å². The van der Waals surface area contributed by atoms with Crippen molar-refractivity contribution >= 4 is 24.8 Å². The number of hydrazine groups is 1. The molecule has 1 aromatic rings. The summed E-state index contributed by atoms with van der Waals surface area (Å²) < 4.78 is 25.4. The van der Waals surface area contributed by atoms with Crippen molar-refractivity contribution in [1.29, 1.82) is 0 Å². The van der Waals surface area contributed by atoms with Crippen molar-refractivity contribution < 1.29 is 8.78 Å². The highest BCUT2D eigenvalue weighted by Crippen LogP contribution is 2.10. The maximum Gasteiger partial charge on any atom is 0.130 e. The van der Waals surface area contributed by atoms with Crippen molar-refractivity contribution in [2.45, 2.75) is 6.54 Å². The Labute approximate surface area is 87.3 Å². The molecule has 0 unspecified atom stereocenters. The smallest absolute Gasteiger partial charge is 0.130 e. The van der Waals surface area contributed by atoms with Crippen molar-refractivity contribution in [3.05, 3.63) is 35.4 Å². The largest absolute Gasteiger partial charge is 0.271 e. The number of halogens is 4. The van der Waals surface area contributed by atoms with Gasteiger partial charge in [0, 0.05) is 12.1 Å². The highest BCUT2D eigenvalue weighted by molar-refractivity contribution is 5.85. The van der Waals surface area contributed by atoms with E-state index in [0.717, 1.165) is 0 Å². The van der Waals surface area contributed by atoms with E-state index in [2.05, 4.69) is 5.43 Å². The predicted octanol–water partition coefficient (Wildman–Crippen LogP) is 1.77. The van der Waals surface area contributed by atoms with Crippen LogP contribution in [0.15, 0.2) is 18.2 Å². The zero-order valence-corrected chi connectivity index (χ0v) is 8.22. The third kappa shape index (κ3) is 3.87. The lowest BCUT2D eigenvalue weighted by Gasteiger charge is -2.01. The first-order valence-corrected chi connectivity index (χ1v) is 3.12. The minimum Gasteiger partial charge on any atom is -0.271 e. The monoisotopic (exact) mass is 230 g/mol. The Morgan fingerprint density at radius 2 is 1.62 bits per heavy atom. The molecule has 0 spiro atoms. The van der Waals surface area contributed by atoms with E-state index in [1.807, 2.05) is 0 Å². The molecule has 0 saturated heterocycles. The summed E-state index contributed by atoms with van der Waals surface area (Å²) in [7, 11) is 0. The van der Waals surface area contributed by atoms with Crippen LogP contribution in [0, 0.1) is 11.6 Å². The summed E-state index contributed by atoms with van der Waals surface area (Å²) in [5, 5.41) is 0. The predicted molar refractivity (Wildman–Crippen MR) is 51.9 cm³/mol. The molecule has 13 heavy (non-hydrogen) atoms. The Morgan fingerprint density at radius 3 is 2.00 bits per heavy atom. The fourth-order valence-electron chi connectivity index (χ4n) is 0.803. The zero-order valence-electron chi connectivity index (χ0n) is 6.59. The number of nitrogens with one attached hydrogen (secondary N) is 1. The third-order valence-electron chi connectivity index (χ3n) is 1.34. The van der Waals surface area contributed by atoms with Gasteiger partial charge in [-0.1, -0.05) is 6.07 Å². The first-order valence-electron chi connectivity index (χ1n) is 3.12. The van der Waals surface area contributed by atoms with Gasteiger partial charge < -0.3 is 0 Å². The number of hydrogen-bond acceptors (Lipinski definition) is 2. The number of hydrogen-bond donors (Lipinski definition) is 2. The van der Waals surface area contributed by atoms with Crippen LogP contribution >= 0.6 is 24.8 Å². The Balaban J connectivity index is 0. The first kappa shape index (κ1) is 15.1. The molecule has 0 radical (unpaired) electrons. The number of benzene rings is 1. The van der Waals surface area contributed by atoms with Crippen LogP contribution in [0.5, 0.6) is 0 Å². The Morgan fingerprint density at radius 1 is 1.15 bits per heavy atom. The summed E-state index contributed by atoms with van der Waals surface area (Å²) in [4.78, 5) is 0. The minimum absolute atomic E-state index is 0.